The standard InChI is InChI=1S/C23H17ClN2O2/c24-20-8-4-7-19(13-20)22(17-5-2-1-3-6-17)26-23(27)18-11-9-16(10-12-18)21-14-25-15-28-21/h1-15,22H,(H,26,27). The van der Waals surface area contributed by atoms with Gasteiger partial charge < -0.3 is 9.73 Å². The van der Waals surface area contributed by atoms with Gasteiger partial charge in [0.15, 0.2) is 12.2 Å². The molecule has 138 valence electrons. The highest BCUT2D eigenvalue weighted by Crippen LogP contribution is 2.25. The Labute approximate surface area is 167 Å². The summed E-state index contributed by atoms with van der Waals surface area (Å²) in [5, 5.41) is 3.74. The molecule has 1 N–H and O–H groups in total. The van der Waals surface area contributed by atoms with Crippen LogP contribution in [0.2, 0.25) is 5.02 Å². The monoisotopic (exact) mass is 388 g/mol. The van der Waals surface area contributed by atoms with E-state index in [0.717, 1.165) is 16.7 Å². The van der Waals surface area contributed by atoms with Crippen LogP contribution in [0.5, 0.6) is 0 Å². The fraction of sp³-hybridized carbons (Fsp3) is 0.0435. The van der Waals surface area contributed by atoms with Gasteiger partial charge in [-0.05, 0) is 35.4 Å². The molecule has 0 aliphatic carbocycles. The number of amides is 1. The molecular formula is C23H17ClN2O2. The number of carbonyl (C=O) groups excluding carboxylic acids is 1. The molecule has 0 saturated heterocycles. The lowest BCUT2D eigenvalue weighted by Crippen LogP contribution is -2.29. The van der Waals surface area contributed by atoms with Gasteiger partial charge in [-0.15, -0.1) is 0 Å². The number of oxazole rings is 1. The van der Waals surface area contributed by atoms with E-state index in [9.17, 15) is 4.79 Å². The summed E-state index contributed by atoms with van der Waals surface area (Å²) < 4.78 is 5.29. The molecule has 4 nitrogen and oxygen atoms in total. The summed E-state index contributed by atoms with van der Waals surface area (Å²) in [6.45, 7) is 0. The number of aromatic nitrogens is 1. The zero-order valence-corrected chi connectivity index (χ0v) is 15.6. The van der Waals surface area contributed by atoms with Crippen LogP contribution in [0, 0.1) is 0 Å². The SMILES string of the molecule is O=C(NC(c1ccccc1)c1cccc(Cl)c1)c1ccc(-c2cnco2)cc1. The lowest BCUT2D eigenvalue weighted by molar-refractivity contribution is 0.0943. The van der Waals surface area contributed by atoms with Gasteiger partial charge in [-0.3, -0.25) is 4.79 Å². The summed E-state index contributed by atoms with van der Waals surface area (Å²) in [6.07, 6.45) is 3.02. The summed E-state index contributed by atoms with van der Waals surface area (Å²) in [5.41, 5.74) is 3.33. The molecule has 3 aromatic carbocycles. The van der Waals surface area contributed by atoms with Crippen LogP contribution >= 0.6 is 11.6 Å². The first kappa shape index (κ1) is 18.0. The first-order valence-corrected chi connectivity index (χ1v) is 9.19. The van der Waals surface area contributed by atoms with Crippen molar-refractivity contribution in [3.8, 4) is 11.3 Å². The number of rotatable bonds is 5. The molecule has 4 rings (SSSR count). The predicted molar refractivity (Wildman–Crippen MR) is 109 cm³/mol. The fourth-order valence-corrected chi connectivity index (χ4v) is 3.25. The highest BCUT2D eigenvalue weighted by molar-refractivity contribution is 6.30. The molecular weight excluding hydrogens is 372 g/mol. The molecule has 1 atom stereocenters. The van der Waals surface area contributed by atoms with Crippen molar-refractivity contribution in [3.63, 3.8) is 0 Å². The number of benzene rings is 3. The van der Waals surface area contributed by atoms with Gasteiger partial charge in [0.1, 0.15) is 0 Å². The minimum absolute atomic E-state index is 0.169. The molecule has 0 bridgehead atoms. The van der Waals surface area contributed by atoms with Crippen molar-refractivity contribution in [1.29, 1.82) is 0 Å². The highest BCUT2D eigenvalue weighted by atomic mass is 35.5. The summed E-state index contributed by atoms with van der Waals surface area (Å²) in [6, 6.07) is 24.3. The van der Waals surface area contributed by atoms with Crippen LogP contribution in [0.4, 0.5) is 0 Å². The predicted octanol–water partition coefficient (Wildman–Crippen LogP) is 5.51. The minimum atomic E-state index is -0.304. The Morgan fingerprint density at radius 3 is 2.36 bits per heavy atom. The average Bonchev–Trinajstić information content (AvgIpc) is 3.27. The highest BCUT2D eigenvalue weighted by Gasteiger charge is 2.18. The second-order valence-corrected chi connectivity index (χ2v) is 6.75. The number of nitrogens with zero attached hydrogens (tertiary/aromatic N) is 1. The Bertz CT molecular complexity index is 1060. The van der Waals surface area contributed by atoms with E-state index in [1.165, 1.54) is 6.39 Å². The van der Waals surface area contributed by atoms with E-state index in [0.29, 0.717) is 16.3 Å². The molecule has 5 heteroatoms. The van der Waals surface area contributed by atoms with Crippen LogP contribution in [0.15, 0.2) is 95.9 Å². The molecule has 4 aromatic rings. The molecule has 1 amide bonds. The van der Waals surface area contributed by atoms with Gasteiger partial charge >= 0.3 is 0 Å². The van der Waals surface area contributed by atoms with Crippen LogP contribution in [0.1, 0.15) is 27.5 Å². The fourth-order valence-electron chi connectivity index (χ4n) is 3.05. The Balaban J connectivity index is 1.60. The number of nitrogens with one attached hydrogen (secondary N) is 1. The molecule has 0 spiro atoms. The Morgan fingerprint density at radius 1 is 0.929 bits per heavy atom. The number of hydrogen-bond donors (Lipinski definition) is 1. The summed E-state index contributed by atoms with van der Waals surface area (Å²) in [5.74, 6) is 0.492. The van der Waals surface area contributed by atoms with E-state index >= 15 is 0 Å². The van der Waals surface area contributed by atoms with Crippen LogP contribution in [0.25, 0.3) is 11.3 Å². The normalized spacial score (nSPS) is 11.8. The molecule has 0 aliphatic heterocycles. The van der Waals surface area contributed by atoms with Gasteiger partial charge in [-0.1, -0.05) is 66.2 Å². The largest absolute Gasteiger partial charge is 0.444 e. The van der Waals surface area contributed by atoms with Gasteiger partial charge in [0, 0.05) is 16.1 Å². The minimum Gasteiger partial charge on any atom is -0.444 e. The lowest BCUT2D eigenvalue weighted by Gasteiger charge is -2.20. The van der Waals surface area contributed by atoms with E-state index in [-0.39, 0.29) is 11.9 Å². The zero-order chi connectivity index (χ0) is 19.3. The van der Waals surface area contributed by atoms with Gasteiger partial charge in [0.2, 0.25) is 0 Å². The van der Waals surface area contributed by atoms with E-state index in [2.05, 4.69) is 10.3 Å². The maximum absolute atomic E-state index is 12.9. The molecule has 1 heterocycles. The van der Waals surface area contributed by atoms with E-state index < -0.39 is 0 Å². The second-order valence-electron chi connectivity index (χ2n) is 6.32. The smallest absolute Gasteiger partial charge is 0.252 e. The maximum atomic E-state index is 12.9. The molecule has 0 fully saturated rings. The van der Waals surface area contributed by atoms with E-state index in [4.69, 9.17) is 16.0 Å². The number of carbonyl (C=O) groups is 1. The zero-order valence-electron chi connectivity index (χ0n) is 14.9. The lowest BCUT2D eigenvalue weighted by atomic mass is 9.98. The maximum Gasteiger partial charge on any atom is 0.252 e. The van der Waals surface area contributed by atoms with Crippen molar-refractivity contribution in [2.45, 2.75) is 6.04 Å². The van der Waals surface area contributed by atoms with E-state index in [1.54, 1.807) is 18.3 Å². The Morgan fingerprint density at radius 2 is 1.68 bits per heavy atom. The topological polar surface area (TPSA) is 55.1 Å². The molecule has 1 unspecified atom stereocenters. The van der Waals surface area contributed by atoms with Crippen molar-refractivity contribution in [3.05, 3.63) is 113 Å². The number of halogens is 1. The van der Waals surface area contributed by atoms with Gasteiger partial charge in [-0.25, -0.2) is 4.98 Å². The number of hydrogen-bond acceptors (Lipinski definition) is 3. The molecule has 1 aromatic heterocycles. The van der Waals surface area contributed by atoms with Crippen LogP contribution in [0.3, 0.4) is 0 Å². The van der Waals surface area contributed by atoms with Crippen molar-refractivity contribution in [2.24, 2.45) is 0 Å². The third-order valence-corrected chi connectivity index (χ3v) is 4.69. The van der Waals surface area contributed by atoms with Crippen molar-refractivity contribution in [1.82, 2.24) is 10.3 Å². The van der Waals surface area contributed by atoms with Crippen molar-refractivity contribution < 1.29 is 9.21 Å². The van der Waals surface area contributed by atoms with Crippen molar-refractivity contribution in [2.75, 3.05) is 0 Å². The average molecular weight is 389 g/mol. The van der Waals surface area contributed by atoms with Gasteiger partial charge in [0.05, 0.1) is 12.2 Å². The second kappa shape index (κ2) is 8.11. The first-order valence-electron chi connectivity index (χ1n) is 8.81. The molecule has 0 saturated carbocycles. The Kier molecular flexibility index (Phi) is 5.22. The first-order chi connectivity index (χ1) is 13.7. The van der Waals surface area contributed by atoms with Gasteiger partial charge in [0.25, 0.3) is 5.91 Å². The van der Waals surface area contributed by atoms with Crippen LogP contribution < -0.4 is 5.32 Å². The summed E-state index contributed by atoms with van der Waals surface area (Å²) >= 11 is 6.17. The third-order valence-electron chi connectivity index (χ3n) is 4.45. The van der Waals surface area contributed by atoms with Crippen LogP contribution in [-0.2, 0) is 0 Å². The Hall–Kier alpha value is -3.37. The quantitative estimate of drug-likeness (QED) is 0.490. The van der Waals surface area contributed by atoms with Gasteiger partial charge in [-0.2, -0.15) is 0 Å². The third kappa shape index (κ3) is 3.97. The molecule has 28 heavy (non-hydrogen) atoms. The molecule has 0 aliphatic rings. The molecule has 0 radical (unpaired) electrons. The van der Waals surface area contributed by atoms with Crippen LogP contribution in [-0.4, -0.2) is 10.9 Å². The van der Waals surface area contributed by atoms with Crippen molar-refractivity contribution >= 4 is 17.5 Å². The summed E-state index contributed by atoms with van der Waals surface area (Å²) in [4.78, 5) is 16.8. The summed E-state index contributed by atoms with van der Waals surface area (Å²) in [7, 11) is 0. The van der Waals surface area contributed by atoms with E-state index in [1.807, 2.05) is 66.7 Å².